The van der Waals surface area contributed by atoms with E-state index in [1.807, 2.05) is 0 Å². The molecule has 0 heterocycles. The molecular formula is C8H4N6O2. The van der Waals surface area contributed by atoms with Gasteiger partial charge in [0.25, 0.3) is 0 Å². The van der Waals surface area contributed by atoms with Crippen LogP contribution in [0.2, 0.25) is 0 Å². The largest absolute Gasteiger partial charge is 0.287 e. The van der Waals surface area contributed by atoms with Crippen molar-refractivity contribution in [2.45, 2.75) is 0 Å². The van der Waals surface area contributed by atoms with Crippen molar-refractivity contribution in [3.05, 3.63) is 56.3 Å². The third-order valence-electron chi connectivity index (χ3n) is 1.63. The number of hydrogen-bond donors (Lipinski definition) is 0. The average molecular weight is 216 g/mol. The van der Waals surface area contributed by atoms with Crippen LogP contribution in [0.3, 0.4) is 0 Å². The molecule has 8 nitrogen and oxygen atoms in total. The van der Waals surface area contributed by atoms with Crippen LogP contribution in [0.15, 0.2) is 34.5 Å². The maximum Gasteiger partial charge on any atom is 0.249 e. The normalized spacial score (nSPS) is 8.50. The Morgan fingerprint density at radius 1 is 1.00 bits per heavy atom. The highest BCUT2D eigenvalue weighted by atomic mass is 16.2. The maximum absolute atomic E-state index is 11.1. The van der Waals surface area contributed by atoms with Crippen molar-refractivity contribution in [1.82, 2.24) is 0 Å². The number of azide groups is 2. The molecule has 2 amide bonds. The zero-order valence-electron chi connectivity index (χ0n) is 7.81. The van der Waals surface area contributed by atoms with Gasteiger partial charge in [-0.25, -0.2) is 0 Å². The summed E-state index contributed by atoms with van der Waals surface area (Å²) in [4.78, 5) is 26.9. The minimum Gasteiger partial charge on any atom is -0.287 e. The van der Waals surface area contributed by atoms with Crippen LogP contribution in [0.4, 0.5) is 0 Å². The summed E-state index contributed by atoms with van der Waals surface area (Å²) >= 11 is 0. The summed E-state index contributed by atoms with van der Waals surface area (Å²) in [7, 11) is 0. The molecule has 0 radical (unpaired) electrons. The Morgan fingerprint density at radius 2 is 1.44 bits per heavy atom. The molecule has 0 aliphatic heterocycles. The third kappa shape index (κ3) is 2.58. The smallest absolute Gasteiger partial charge is 0.249 e. The highest BCUT2D eigenvalue weighted by Gasteiger charge is 2.07. The third-order valence-corrected chi connectivity index (χ3v) is 1.63. The molecule has 0 bridgehead atoms. The van der Waals surface area contributed by atoms with Gasteiger partial charge in [-0.1, -0.05) is 18.2 Å². The van der Waals surface area contributed by atoms with E-state index in [2.05, 4.69) is 20.1 Å². The van der Waals surface area contributed by atoms with Gasteiger partial charge in [0, 0.05) is 21.0 Å². The van der Waals surface area contributed by atoms with E-state index in [1.54, 1.807) is 0 Å². The van der Waals surface area contributed by atoms with E-state index in [-0.39, 0.29) is 11.1 Å². The van der Waals surface area contributed by atoms with E-state index < -0.39 is 11.8 Å². The molecular weight excluding hydrogens is 212 g/mol. The molecule has 8 heteroatoms. The molecule has 0 N–H and O–H groups in total. The highest BCUT2D eigenvalue weighted by Crippen LogP contribution is 2.08. The summed E-state index contributed by atoms with van der Waals surface area (Å²) in [5.41, 5.74) is 16.2. The molecule has 0 aromatic heterocycles. The fourth-order valence-electron chi connectivity index (χ4n) is 0.982. The first-order valence-corrected chi connectivity index (χ1v) is 3.98. The Morgan fingerprint density at radius 3 is 1.81 bits per heavy atom. The lowest BCUT2D eigenvalue weighted by Gasteiger charge is -1.97. The first kappa shape index (κ1) is 11.3. The first-order chi connectivity index (χ1) is 7.69. The lowest BCUT2D eigenvalue weighted by atomic mass is 10.1. The van der Waals surface area contributed by atoms with Gasteiger partial charge in [0.1, 0.15) is 0 Å². The zero-order chi connectivity index (χ0) is 12.0. The second-order valence-electron chi connectivity index (χ2n) is 2.57. The molecule has 0 atom stereocenters. The number of carbonyl (C=O) groups is 2. The molecule has 16 heavy (non-hydrogen) atoms. The predicted octanol–water partition coefficient (Wildman–Crippen LogP) is 2.59. The van der Waals surface area contributed by atoms with E-state index in [1.165, 1.54) is 24.3 Å². The molecule has 1 aromatic carbocycles. The van der Waals surface area contributed by atoms with Crippen LogP contribution in [-0.2, 0) is 0 Å². The van der Waals surface area contributed by atoms with Gasteiger partial charge in [-0.15, -0.1) is 0 Å². The maximum atomic E-state index is 11.1. The average Bonchev–Trinajstić information content (AvgIpc) is 2.30. The summed E-state index contributed by atoms with van der Waals surface area (Å²) in [6.07, 6.45) is 0. The number of nitrogens with zero attached hydrogens (tertiary/aromatic N) is 6. The van der Waals surface area contributed by atoms with E-state index in [4.69, 9.17) is 11.1 Å². The number of hydrogen-bond acceptors (Lipinski definition) is 2. The van der Waals surface area contributed by atoms with Gasteiger partial charge in [0.05, 0.1) is 0 Å². The second kappa shape index (κ2) is 5.16. The van der Waals surface area contributed by atoms with Crippen LogP contribution in [-0.4, -0.2) is 11.8 Å². The van der Waals surface area contributed by atoms with Crippen LogP contribution in [0.25, 0.3) is 20.9 Å². The van der Waals surface area contributed by atoms with Crippen LogP contribution in [0.1, 0.15) is 20.7 Å². The van der Waals surface area contributed by atoms with Gasteiger partial charge >= 0.3 is 0 Å². The van der Waals surface area contributed by atoms with Gasteiger partial charge in [-0.3, -0.25) is 9.59 Å². The molecule has 0 spiro atoms. The summed E-state index contributed by atoms with van der Waals surface area (Å²) < 4.78 is 0. The summed E-state index contributed by atoms with van der Waals surface area (Å²) in [5.74, 6) is -1.61. The summed E-state index contributed by atoms with van der Waals surface area (Å²) in [6, 6.07) is 5.36. The molecule has 0 aliphatic rings. The SMILES string of the molecule is [N-]=[N+]=NC(=O)c1cccc(C(=O)N=[N+]=[N-])c1. The number of amides is 2. The van der Waals surface area contributed by atoms with E-state index >= 15 is 0 Å². The Kier molecular flexibility index (Phi) is 3.63. The van der Waals surface area contributed by atoms with Crippen molar-refractivity contribution in [3.8, 4) is 0 Å². The molecule has 0 unspecified atom stereocenters. The van der Waals surface area contributed by atoms with Crippen molar-refractivity contribution in [2.24, 2.45) is 10.2 Å². The lowest BCUT2D eigenvalue weighted by Crippen LogP contribution is -1.98. The number of carbonyl (C=O) groups excluding carboxylic acids is 2. The minimum absolute atomic E-state index is 0.0526. The van der Waals surface area contributed by atoms with Crippen LogP contribution in [0, 0.1) is 0 Å². The zero-order valence-corrected chi connectivity index (χ0v) is 7.81. The van der Waals surface area contributed by atoms with Crippen molar-refractivity contribution < 1.29 is 9.59 Å². The van der Waals surface area contributed by atoms with Crippen molar-refractivity contribution in [3.63, 3.8) is 0 Å². The van der Waals surface area contributed by atoms with Crippen LogP contribution < -0.4 is 0 Å². The Hall–Kier alpha value is -2.82. The van der Waals surface area contributed by atoms with Gasteiger partial charge in [-0.2, -0.15) is 0 Å². The fourth-order valence-corrected chi connectivity index (χ4v) is 0.982. The number of benzene rings is 1. The molecule has 78 valence electrons. The molecule has 0 saturated heterocycles. The van der Waals surface area contributed by atoms with Crippen LogP contribution in [0.5, 0.6) is 0 Å². The first-order valence-electron chi connectivity index (χ1n) is 3.98. The van der Waals surface area contributed by atoms with Crippen molar-refractivity contribution >= 4 is 11.8 Å². The topological polar surface area (TPSA) is 132 Å². The molecule has 0 fully saturated rings. The van der Waals surface area contributed by atoms with E-state index in [9.17, 15) is 9.59 Å². The highest BCUT2D eigenvalue weighted by molar-refractivity contribution is 6.00. The molecule has 1 rings (SSSR count). The fraction of sp³-hybridized carbons (Fsp3) is 0. The van der Waals surface area contributed by atoms with Crippen molar-refractivity contribution in [2.75, 3.05) is 0 Å². The Labute approximate surface area is 88.8 Å². The quantitative estimate of drug-likeness (QED) is 0.427. The van der Waals surface area contributed by atoms with Crippen LogP contribution >= 0.6 is 0 Å². The van der Waals surface area contributed by atoms with E-state index in [0.717, 1.165) is 0 Å². The summed E-state index contributed by atoms with van der Waals surface area (Å²) in [5, 5.41) is 5.74. The molecule has 0 aliphatic carbocycles. The standard InChI is InChI=1S/C8H4N6O2/c9-13-11-7(15)5-2-1-3-6(4-5)8(16)12-14-10/h1-4H. The Bertz CT molecular complexity index is 494. The number of rotatable bonds is 2. The predicted molar refractivity (Wildman–Crippen MR) is 53.4 cm³/mol. The monoisotopic (exact) mass is 216 g/mol. The van der Waals surface area contributed by atoms with Gasteiger partial charge in [0.2, 0.25) is 11.8 Å². The Balaban J connectivity index is 3.13. The molecule has 1 aromatic rings. The molecule has 0 saturated carbocycles. The van der Waals surface area contributed by atoms with E-state index in [0.29, 0.717) is 0 Å². The second-order valence-corrected chi connectivity index (χ2v) is 2.57. The van der Waals surface area contributed by atoms with Crippen molar-refractivity contribution in [1.29, 1.82) is 0 Å². The van der Waals surface area contributed by atoms with Gasteiger partial charge in [0.15, 0.2) is 0 Å². The minimum atomic E-state index is -0.807. The summed E-state index contributed by atoms with van der Waals surface area (Å²) in [6.45, 7) is 0. The lowest BCUT2D eigenvalue weighted by molar-refractivity contribution is 0.0999. The van der Waals surface area contributed by atoms with Gasteiger partial charge in [-0.05, 0) is 27.4 Å². The van der Waals surface area contributed by atoms with Gasteiger partial charge < -0.3 is 0 Å².